The van der Waals surface area contributed by atoms with E-state index in [2.05, 4.69) is 10.6 Å². The summed E-state index contributed by atoms with van der Waals surface area (Å²) in [5.74, 6) is -0.270. The number of carbonyl (C=O) groups excluding carboxylic acids is 2. The second-order valence-corrected chi connectivity index (χ2v) is 5.29. The highest BCUT2D eigenvalue weighted by Crippen LogP contribution is 2.09. The van der Waals surface area contributed by atoms with E-state index in [1.165, 1.54) is 0 Å². The molecule has 2 amide bonds. The summed E-state index contributed by atoms with van der Waals surface area (Å²) in [5, 5.41) is 5.86. The molecular formula is C17H28ClN3O3. The summed E-state index contributed by atoms with van der Waals surface area (Å²) in [7, 11) is 1.61. The highest BCUT2D eigenvalue weighted by atomic mass is 35.5. The third-order valence-corrected chi connectivity index (χ3v) is 3.43. The van der Waals surface area contributed by atoms with Crippen LogP contribution < -0.4 is 10.6 Å². The highest BCUT2D eigenvalue weighted by molar-refractivity contribution is 5.97. The number of ether oxygens (including phenoxy) is 1. The Kier molecular flexibility index (Phi) is 11.9. The van der Waals surface area contributed by atoms with Crippen molar-refractivity contribution in [3.63, 3.8) is 0 Å². The van der Waals surface area contributed by atoms with Gasteiger partial charge in [0, 0.05) is 25.9 Å². The zero-order chi connectivity index (χ0) is 17.1. The number of nitrogens with zero attached hydrogens (tertiary/aromatic N) is 1. The normalized spacial score (nSPS) is 11.3. The van der Waals surface area contributed by atoms with Gasteiger partial charge in [0.25, 0.3) is 0 Å². The average molecular weight is 358 g/mol. The van der Waals surface area contributed by atoms with Gasteiger partial charge in [-0.1, -0.05) is 25.1 Å². The number of nitrogens with one attached hydrogen (secondary N) is 2. The Balaban J connectivity index is 0.00000529. The lowest BCUT2D eigenvalue weighted by atomic mass is 10.2. The van der Waals surface area contributed by atoms with E-state index >= 15 is 0 Å². The summed E-state index contributed by atoms with van der Waals surface area (Å²) in [6, 6.07) is 8.72. The lowest BCUT2D eigenvalue weighted by Gasteiger charge is -2.28. The molecule has 0 aliphatic rings. The molecule has 6 nitrogen and oxygen atoms in total. The maximum absolute atomic E-state index is 12.4. The molecule has 0 saturated carbocycles. The summed E-state index contributed by atoms with van der Waals surface area (Å²) in [4.78, 5) is 26.3. The number of hydrogen-bond donors (Lipinski definition) is 2. The van der Waals surface area contributed by atoms with Crippen LogP contribution in [0.25, 0.3) is 0 Å². The predicted octanol–water partition coefficient (Wildman–Crippen LogP) is 1.91. The van der Waals surface area contributed by atoms with Gasteiger partial charge < -0.3 is 20.3 Å². The van der Waals surface area contributed by atoms with Crippen molar-refractivity contribution < 1.29 is 14.3 Å². The molecule has 136 valence electrons. The molecule has 0 aliphatic heterocycles. The van der Waals surface area contributed by atoms with Crippen molar-refractivity contribution >= 4 is 29.9 Å². The quantitative estimate of drug-likeness (QED) is 0.627. The van der Waals surface area contributed by atoms with E-state index in [0.29, 0.717) is 19.7 Å². The predicted molar refractivity (Wildman–Crippen MR) is 98.5 cm³/mol. The first kappa shape index (κ1) is 22.4. The molecule has 0 radical (unpaired) electrons. The smallest absolute Gasteiger partial charge is 0.246 e. The number of carbonyl (C=O) groups is 2. The van der Waals surface area contributed by atoms with Gasteiger partial charge >= 0.3 is 0 Å². The highest BCUT2D eigenvalue weighted by Gasteiger charge is 2.24. The molecule has 1 rings (SSSR count). The maximum atomic E-state index is 12.4. The van der Waals surface area contributed by atoms with Crippen LogP contribution in [0, 0.1) is 0 Å². The molecule has 0 aromatic heterocycles. The third-order valence-electron chi connectivity index (χ3n) is 3.43. The molecule has 24 heavy (non-hydrogen) atoms. The molecule has 2 N–H and O–H groups in total. The molecule has 0 aliphatic carbocycles. The fourth-order valence-corrected chi connectivity index (χ4v) is 2.16. The lowest BCUT2D eigenvalue weighted by molar-refractivity contribution is -0.137. The molecule has 0 fully saturated rings. The van der Waals surface area contributed by atoms with E-state index in [1.807, 2.05) is 37.3 Å². The minimum atomic E-state index is -0.521. The van der Waals surface area contributed by atoms with E-state index in [4.69, 9.17) is 4.74 Å². The van der Waals surface area contributed by atoms with Crippen LogP contribution >= 0.6 is 12.4 Å². The monoisotopic (exact) mass is 357 g/mol. The molecule has 0 saturated heterocycles. The van der Waals surface area contributed by atoms with Gasteiger partial charge in [0.05, 0.1) is 13.2 Å². The Morgan fingerprint density at radius 3 is 2.50 bits per heavy atom. The van der Waals surface area contributed by atoms with Crippen LogP contribution in [0.1, 0.15) is 20.3 Å². The first-order valence-electron chi connectivity index (χ1n) is 7.95. The van der Waals surface area contributed by atoms with Crippen molar-refractivity contribution in [3.05, 3.63) is 30.3 Å². The topological polar surface area (TPSA) is 70.7 Å². The largest absolute Gasteiger partial charge is 0.383 e. The van der Waals surface area contributed by atoms with Gasteiger partial charge in [-0.3, -0.25) is 9.59 Å². The maximum Gasteiger partial charge on any atom is 0.246 e. The van der Waals surface area contributed by atoms with E-state index in [0.717, 1.165) is 12.1 Å². The minimum Gasteiger partial charge on any atom is -0.383 e. The molecular weight excluding hydrogens is 330 g/mol. The zero-order valence-electron chi connectivity index (χ0n) is 14.6. The summed E-state index contributed by atoms with van der Waals surface area (Å²) in [6.07, 6.45) is 0.798. The van der Waals surface area contributed by atoms with Gasteiger partial charge in [-0.25, -0.2) is 0 Å². The van der Waals surface area contributed by atoms with Crippen LogP contribution in [0.5, 0.6) is 0 Å². The van der Waals surface area contributed by atoms with Crippen LogP contribution in [0.3, 0.4) is 0 Å². The zero-order valence-corrected chi connectivity index (χ0v) is 15.4. The van der Waals surface area contributed by atoms with Gasteiger partial charge in [0.2, 0.25) is 11.8 Å². The second-order valence-electron chi connectivity index (χ2n) is 5.29. The van der Waals surface area contributed by atoms with Gasteiger partial charge in [-0.2, -0.15) is 0 Å². The molecule has 1 aromatic carbocycles. The Morgan fingerprint density at radius 1 is 1.25 bits per heavy atom. The third kappa shape index (κ3) is 7.77. The molecule has 7 heteroatoms. The Bertz CT molecular complexity index is 485. The Hall–Kier alpha value is -1.63. The van der Waals surface area contributed by atoms with Crippen LogP contribution in [0.15, 0.2) is 30.3 Å². The Morgan fingerprint density at radius 2 is 1.92 bits per heavy atom. The van der Waals surface area contributed by atoms with Crippen LogP contribution in [-0.4, -0.2) is 56.1 Å². The SMILES string of the molecule is CCCN(C(=O)CNCCOC)C(C)C(=O)Nc1ccccc1.Cl. The number of benzene rings is 1. The van der Waals surface area contributed by atoms with Crippen molar-refractivity contribution in [2.24, 2.45) is 0 Å². The van der Waals surface area contributed by atoms with Crippen LogP contribution in [0.4, 0.5) is 5.69 Å². The van der Waals surface area contributed by atoms with E-state index in [1.54, 1.807) is 18.9 Å². The lowest BCUT2D eigenvalue weighted by Crippen LogP contribution is -2.49. The van der Waals surface area contributed by atoms with Crippen LogP contribution in [0.2, 0.25) is 0 Å². The number of halogens is 1. The van der Waals surface area contributed by atoms with Crippen molar-refractivity contribution in [1.29, 1.82) is 0 Å². The minimum absolute atomic E-state index is 0. The number of anilines is 1. The summed E-state index contributed by atoms with van der Waals surface area (Å²) < 4.78 is 4.93. The molecule has 1 unspecified atom stereocenters. The van der Waals surface area contributed by atoms with Gasteiger partial charge in [-0.05, 0) is 25.5 Å². The molecule has 0 heterocycles. The molecule has 0 bridgehead atoms. The van der Waals surface area contributed by atoms with Crippen LogP contribution in [-0.2, 0) is 14.3 Å². The number of rotatable bonds is 10. The van der Waals surface area contributed by atoms with Crippen molar-refractivity contribution in [2.75, 3.05) is 38.7 Å². The van der Waals surface area contributed by atoms with Gasteiger partial charge in [0.15, 0.2) is 0 Å². The first-order chi connectivity index (χ1) is 11.1. The second kappa shape index (κ2) is 12.8. The summed E-state index contributed by atoms with van der Waals surface area (Å²) >= 11 is 0. The van der Waals surface area contributed by atoms with Gasteiger partial charge in [0.1, 0.15) is 6.04 Å². The number of amides is 2. The fourth-order valence-electron chi connectivity index (χ4n) is 2.16. The molecule has 1 aromatic rings. The molecule has 1 atom stereocenters. The van der Waals surface area contributed by atoms with Gasteiger partial charge in [-0.15, -0.1) is 12.4 Å². The standard InChI is InChI=1S/C17H27N3O3.ClH/c1-4-11-20(16(21)13-18-10-12-23-3)14(2)17(22)19-15-8-6-5-7-9-15;/h5-9,14,18H,4,10-13H2,1-3H3,(H,19,22);1H. The number of methoxy groups -OCH3 is 1. The van der Waals surface area contributed by atoms with E-state index in [-0.39, 0.29) is 30.8 Å². The number of para-hydroxylation sites is 1. The van der Waals surface area contributed by atoms with Crippen molar-refractivity contribution in [2.45, 2.75) is 26.3 Å². The fraction of sp³-hybridized carbons (Fsp3) is 0.529. The van der Waals surface area contributed by atoms with Crippen molar-refractivity contribution in [1.82, 2.24) is 10.2 Å². The summed E-state index contributed by atoms with van der Waals surface area (Å²) in [6.45, 7) is 5.64. The summed E-state index contributed by atoms with van der Waals surface area (Å²) in [5.41, 5.74) is 0.728. The number of hydrogen-bond acceptors (Lipinski definition) is 4. The van der Waals surface area contributed by atoms with E-state index < -0.39 is 6.04 Å². The first-order valence-corrected chi connectivity index (χ1v) is 7.95. The average Bonchev–Trinajstić information content (AvgIpc) is 2.56. The van der Waals surface area contributed by atoms with E-state index in [9.17, 15) is 9.59 Å². The Labute approximate surface area is 150 Å². The van der Waals surface area contributed by atoms with Crippen molar-refractivity contribution in [3.8, 4) is 0 Å². The molecule has 0 spiro atoms.